The first-order valence-corrected chi connectivity index (χ1v) is 12.0. The zero-order valence-corrected chi connectivity index (χ0v) is 17.5. The van der Waals surface area contributed by atoms with Crippen LogP contribution >= 0.6 is 23.1 Å². The summed E-state index contributed by atoms with van der Waals surface area (Å²) in [6.45, 7) is 3.87. The first kappa shape index (κ1) is 19.0. The second kappa shape index (κ2) is 8.35. The number of aryl methyl sites for hydroxylation is 2. The van der Waals surface area contributed by atoms with Crippen molar-refractivity contribution in [3.63, 3.8) is 0 Å². The van der Waals surface area contributed by atoms with Gasteiger partial charge in [-0.1, -0.05) is 6.92 Å². The Balaban J connectivity index is 1.40. The third kappa shape index (κ3) is 4.40. The average molecular weight is 406 g/mol. The molecule has 4 rings (SSSR count). The maximum absolute atomic E-state index is 12.6. The molecule has 2 aliphatic rings. The van der Waals surface area contributed by atoms with E-state index in [-0.39, 0.29) is 11.5 Å². The molecule has 1 amide bonds. The van der Waals surface area contributed by atoms with Gasteiger partial charge in [0.25, 0.3) is 5.56 Å². The number of carbonyl (C=O) groups excluding carboxylic acids is 1. The van der Waals surface area contributed by atoms with Gasteiger partial charge in [-0.15, -0.1) is 23.1 Å². The molecule has 1 fully saturated rings. The average Bonchev–Trinajstić information content (AvgIpc) is 3.38. The molecule has 0 atom stereocenters. The monoisotopic (exact) mass is 405 g/mol. The van der Waals surface area contributed by atoms with E-state index < -0.39 is 0 Å². The van der Waals surface area contributed by atoms with Crippen LogP contribution in [-0.4, -0.2) is 39.6 Å². The van der Waals surface area contributed by atoms with Gasteiger partial charge in [-0.3, -0.25) is 9.59 Å². The largest absolute Gasteiger partial charge is 0.342 e. The highest BCUT2D eigenvalue weighted by Crippen LogP contribution is 2.33. The highest BCUT2D eigenvalue weighted by Gasteiger charge is 2.26. The summed E-state index contributed by atoms with van der Waals surface area (Å²) in [5, 5.41) is 0.804. The Morgan fingerprint density at radius 1 is 1.33 bits per heavy atom. The highest BCUT2D eigenvalue weighted by molar-refractivity contribution is 7.99. The van der Waals surface area contributed by atoms with E-state index >= 15 is 0 Å². The fourth-order valence-corrected chi connectivity index (χ4v) is 5.87. The van der Waals surface area contributed by atoms with Gasteiger partial charge in [-0.2, -0.15) is 0 Å². The lowest BCUT2D eigenvalue weighted by atomic mass is 9.97. The summed E-state index contributed by atoms with van der Waals surface area (Å²) < 4.78 is 0. The molecule has 0 unspecified atom stereocenters. The molecule has 0 spiro atoms. The van der Waals surface area contributed by atoms with Gasteiger partial charge in [0.1, 0.15) is 10.7 Å². The highest BCUT2D eigenvalue weighted by atomic mass is 32.2. The van der Waals surface area contributed by atoms with Gasteiger partial charge in [0.15, 0.2) is 0 Å². The van der Waals surface area contributed by atoms with E-state index in [4.69, 9.17) is 4.98 Å². The van der Waals surface area contributed by atoms with E-state index in [2.05, 4.69) is 11.9 Å². The number of rotatable bonds is 8. The molecule has 27 heavy (non-hydrogen) atoms. The molecule has 5 nitrogen and oxygen atoms in total. The van der Waals surface area contributed by atoms with Gasteiger partial charge < -0.3 is 9.88 Å². The number of carbonyl (C=O) groups is 1. The van der Waals surface area contributed by atoms with Gasteiger partial charge in [0.2, 0.25) is 5.91 Å². The fraction of sp³-hybridized carbons (Fsp3) is 0.650. The molecule has 1 N–H and O–H groups in total. The van der Waals surface area contributed by atoms with Gasteiger partial charge in [-0.05, 0) is 56.4 Å². The van der Waals surface area contributed by atoms with Crippen LogP contribution in [0.1, 0.15) is 55.3 Å². The van der Waals surface area contributed by atoms with Crippen LogP contribution in [0.2, 0.25) is 0 Å². The van der Waals surface area contributed by atoms with E-state index in [0.29, 0.717) is 17.3 Å². The molecule has 2 aliphatic carbocycles. The van der Waals surface area contributed by atoms with Crippen molar-refractivity contribution < 1.29 is 4.79 Å². The van der Waals surface area contributed by atoms with Crippen molar-refractivity contribution >= 4 is 39.2 Å². The number of H-pyrrole nitrogens is 1. The topological polar surface area (TPSA) is 66.1 Å². The lowest BCUT2D eigenvalue weighted by Crippen LogP contribution is -2.35. The normalized spacial score (nSPS) is 16.5. The Labute approximate surface area is 167 Å². The second-order valence-corrected chi connectivity index (χ2v) is 9.75. The predicted octanol–water partition coefficient (Wildman–Crippen LogP) is 3.75. The number of fused-ring (bicyclic) bond motifs is 3. The van der Waals surface area contributed by atoms with E-state index in [1.165, 1.54) is 29.7 Å². The maximum atomic E-state index is 12.6. The van der Waals surface area contributed by atoms with Crippen LogP contribution < -0.4 is 5.56 Å². The summed E-state index contributed by atoms with van der Waals surface area (Å²) in [7, 11) is 0. The van der Waals surface area contributed by atoms with Crippen molar-refractivity contribution in [3.05, 3.63) is 26.6 Å². The van der Waals surface area contributed by atoms with Crippen molar-refractivity contribution in [3.8, 4) is 0 Å². The Morgan fingerprint density at radius 3 is 2.93 bits per heavy atom. The van der Waals surface area contributed by atoms with Crippen LogP contribution in [0.4, 0.5) is 0 Å². The summed E-state index contributed by atoms with van der Waals surface area (Å²) in [6, 6.07) is 0. The number of amides is 1. The standard InChI is InChI=1S/C20H27N3O2S2/c1-2-9-23(10-13-7-8-13)17(24)12-26-11-16-21-19(25)18-14-5-3-4-6-15(14)27-20(18)22-16/h13H,2-12H2,1H3,(H,21,22,25). The minimum absolute atomic E-state index is 0.0114. The number of thiophene rings is 1. The van der Waals surface area contributed by atoms with E-state index in [1.807, 2.05) is 4.90 Å². The number of aromatic nitrogens is 2. The molecule has 0 radical (unpaired) electrons. The molecular formula is C20H27N3O2S2. The van der Waals surface area contributed by atoms with Gasteiger partial charge in [0, 0.05) is 18.0 Å². The van der Waals surface area contributed by atoms with Crippen molar-refractivity contribution in [1.29, 1.82) is 0 Å². The number of thioether (sulfide) groups is 1. The Bertz CT molecular complexity index is 885. The van der Waals surface area contributed by atoms with Crippen molar-refractivity contribution in [2.75, 3.05) is 18.8 Å². The molecule has 2 aromatic heterocycles. The number of hydrogen-bond acceptors (Lipinski definition) is 5. The van der Waals surface area contributed by atoms with Gasteiger partial charge >= 0.3 is 0 Å². The van der Waals surface area contributed by atoms with Gasteiger partial charge in [-0.25, -0.2) is 4.98 Å². The molecule has 2 heterocycles. The third-order valence-corrected chi connectivity index (χ3v) is 7.47. The summed E-state index contributed by atoms with van der Waals surface area (Å²) in [5.74, 6) is 2.64. The quantitative estimate of drug-likeness (QED) is 0.726. The van der Waals surface area contributed by atoms with Crippen molar-refractivity contribution in [2.45, 2.75) is 57.6 Å². The smallest absolute Gasteiger partial charge is 0.259 e. The molecule has 2 aromatic rings. The Hall–Kier alpha value is -1.34. The summed E-state index contributed by atoms with van der Waals surface area (Å²) in [5.41, 5.74) is 1.21. The third-order valence-electron chi connectivity index (χ3n) is 5.36. The van der Waals surface area contributed by atoms with Crippen LogP contribution in [0, 0.1) is 5.92 Å². The molecular weight excluding hydrogens is 378 g/mol. The van der Waals surface area contributed by atoms with Crippen LogP contribution in [0.25, 0.3) is 10.2 Å². The Kier molecular flexibility index (Phi) is 5.88. The summed E-state index contributed by atoms with van der Waals surface area (Å²) >= 11 is 3.23. The van der Waals surface area contributed by atoms with Gasteiger partial charge in [0.05, 0.1) is 16.9 Å². The van der Waals surface area contributed by atoms with E-state index in [1.54, 1.807) is 23.1 Å². The number of nitrogens with zero attached hydrogens (tertiary/aromatic N) is 2. The molecule has 7 heteroatoms. The first-order valence-electron chi connectivity index (χ1n) is 10.0. The first-order chi connectivity index (χ1) is 13.2. The van der Waals surface area contributed by atoms with Crippen LogP contribution in [0.15, 0.2) is 4.79 Å². The summed E-state index contributed by atoms with van der Waals surface area (Å²) in [6.07, 6.45) is 7.95. The second-order valence-electron chi connectivity index (χ2n) is 7.68. The fourth-order valence-electron chi connectivity index (χ4n) is 3.80. The summed E-state index contributed by atoms with van der Waals surface area (Å²) in [4.78, 5) is 37.0. The molecule has 146 valence electrons. The van der Waals surface area contributed by atoms with E-state index in [9.17, 15) is 9.59 Å². The molecule has 0 aromatic carbocycles. The number of nitrogens with one attached hydrogen (secondary N) is 1. The lowest BCUT2D eigenvalue weighted by Gasteiger charge is -2.21. The molecule has 0 saturated heterocycles. The van der Waals surface area contributed by atoms with E-state index in [0.717, 1.165) is 54.9 Å². The lowest BCUT2D eigenvalue weighted by molar-refractivity contribution is -0.128. The molecule has 0 bridgehead atoms. The maximum Gasteiger partial charge on any atom is 0.259 e. The van der Waals surface area contributed by atoms with Crippen molar-refractivity contribution in [2.24, 2.45) is 5.92 Å². The number of aromatic amines is 1. The van der Waals surface area contributed by atoms with Crippen LogP contribution in [-0.2, 0) is 23.4 Å². The van der Waals surface area contributed by atoms with Crippen molar-refractivity contribution in [1.82, 2.24) is 14.9 Å². The predicted molar refractivity (Wildman–Crippen MR) is 113 cm³/mol. The molecule has 1 saturated carbocycles. The molecule has 0 aliphatic heterocycles. The Morgan fingerprint density at radius 2 is 2.15 bits per heavy atom. The minimum Gasteiger partial charge on any atom is -0.342 e. The van der Waals surface area contributed by atoms with Crippen LogP contribution in [0.5, 0.6) is 0 Å². The minimum atomic E-state index is -0.0114. The zero-order chi connectivity index (χ0) is 18.8. The SMILES string of the molecule is CCCN(CC1CC1)C(=O)CSCc1nc2sc3c(c2c(=O)[nH]1)CCCC3. The number of hydrogen-bond donors (Lipinski definition) is 1. The van der Waals surface area contributed by atoms with Crippen LogP contribution in [0.3, 0.4) is 0 Å². The zero-order valence-electron chi connectivity index (χ0n) is 15.9.